The lowest BCUT2D eigenvalue weighted by Crippen LogP contribution is -2.44. The van der Waals surface area contributed by atoms with Gasteiger partial charge in [0.15, 0.2) is 0 Å². The Labute approximate surface area is 139 Å². The largest absolute Gasteiger partial charge is 0.445 e. The van der Waals surface area contributed by atoms with Gasteiger partial charge in [0.25, 0.3) is 0 Å². The number of amides is 1. The average molecular weight is 316 g/mol. The van der Waals surface area contributed by atoms with E-state index in [0.29, 0.717) is 12.5 Å². The molecule has 2 aliphatic rings. The van der Waals surface area contributed by atoms with Gasteiger partial charge in [0.2, 0.25) is 0 Å². The molecule has 126 valence electrons. The number of carbonyl (C=O) groups is 1. The van der Waals surface area contributed by atoms with Gasteiger partial charge in [-0.15, -0.1) is 0 Å². The molecule has 1 aromatic carbocycles. The predicted molar refractivity (Wildman–Crippen MR) is 91.2 cm³/mol. The number of ether oxygens (including phenoxy) is 1. The van der Waals surface area contributed by atoms with E-state index in [1.807, 2.05) is 35.2 Å². The second-order valence-electron chi connectivity index (χ2n) is 6.86. The first-order valence-corrected chi connectivity index (χ1v) is 8.99. The molecule has 0 radical (unpaired) electrons. The molecule has 1 aromatic rings. The number of hydrogen-bond donors (Lipinski definition) is 0. The lowest BCUT2D eigenvalue weighted by Gasteiger charge is -2.36. The van der Waals surface area contributed by atoms with Crippen molar-refractivity contribution >= 4 is 6.09 Å². The lowest BCUT2D eigenvalue weighted by atomic mass is 9.97. The van der Waals surface area contributed by atoms with E-state index in [-0.39, 0.29) is 6.09 Å². The van der Waals surface area contributed by atoms with Crippen LogP contribution in [0.5, 0.6) is 0 Å². The number of benzene rings is 1. The summed E-state index contributed by atoms with van der Waals surface area (Å²) in [6, 6.07) is 9.89. The molecular formula is C19H28N2O2. The molecule has 0 bridgehead atoms. The first kappa shape index (κ1) is 16.3. The van der Waals surface area contributed by atoms with Gasteiger partial charge in [-0.3, -0.25) is 0 Å². The van der Waals surface area contributed by atoms with Crippen molar-refractivity contribution in [2.24, 2.45) is 5.92 Å². The van der Waals surface area contributed by atoms with Crippen LogP contribution in [0.2, 0.25) is 0 Å². The zero-order chi connectivity index (χ0) is 15.9. The maximum atomic E-state index is 12.3. The lowest BCUT2D eigenvalue weighted by molar-refractivity contribution is 0.0704. The van der Waals surface area contributed by atoms with Crippen molar-refractivity contribution in [3.63, 3.8) is 0 Å². The number of nitrogens with zero attached hydrogens (tertiary/aromatic N) is 2. The van der Waals surface area contributed by atoms with E-state index < -0.39 is 0 Å². The van der Waals surface area contributed by atoms with Crippen molar-refractivity contribution in [2.75, 3.05) is 32.7 Å². The Balaban J connectivity index is 1.44. The number of likely N-dealkylation sites (tertiary alicyclic amines) is 2. The fourth-order valence-electron chi connectivity index (χ4n) is 3.70. The molecule has 1 unspecified atom stereocenters. The van der Waals surface area contributed by atoms with E-state index in [9.17, 15) is 4.79 Å². The molecule has 4 nitrogen and oxygen atoms in total. The molecular weight excluding hydrogens is 288 g/mol. The molecule has 2 aliphatic heterocycles. The quantitative estimate of drug-likeness (QED) is 0.852. The van der Waals surface area contributed by atoms with Crippen molar-refractivity contribution in [2.45, 2.75) is 38.7 Å². The van der Waals surface area contributed by atoms with Gasteiger partial charge in [-0.1, -0.05) is 36.8 Å². The maximum absolute atomic E-state index is 12.3. The third-order valence-corrected chi connectivity index (χ3v) is 4.95. The van der Waals surface area contributed by atoms with Gasteiger partial charge in [-0.25, -0.2) is 4.79 Å². The van der Waals surface area contributed by atoms with Crippen molar-refractivity contribution in [3.05, 3.63) is 35.9 Å². The van der Waals surface area contributed by atoms with Gasteiger partial charge in [0.05, 0.1) is 0 Å². The Morgan fingerprint density at radius 2 is 1.83 bits per heavy atom. The number of piperidine rings is 2. The third-order valence-electron chi connectivity index (χ3n) is 4.95. The highest BCUT2D eigenvalue weighted by Crippen LogP contribution is 2.20. The Bertz CT molecular complexity index is 485. The molecule has 2 saturated heterocycles. The molecule has 23 heavy (non-hydrogen) atoms. The zero-order valence-electron chi connectivity index (χ0n) is 14.0. The minimum absolute atomic E-state index is 0.155. The number of carbonyl (C=O) groups excluding carboxylic acids is 1. The Hall–Kier alpha value is -1.55. The van der Waals surface area contributed by atoms with Gasteiger partial charge in [-0.05, 0) is 50.3 Å². The van der Waals surface area contributed by atoms with E-state index in [0.717, 1.165) is 31.6 Å². The van der Waals surface area contributed by atoms with Crippen LogP contribution in [-0.4, -0.2) is 48.6 Å². The Morgan fingerprint density at radius 3 is 2.61 bits per heavy atom. The molecule has 1 amide bonds. The summed E-state index contributed by atoms with van der Waals surface area (Å²) < 4.78 is 5.48. The molecule has 0 aliphatic carbocycles. The van der Waals surface area contributed by atoms with Crippen LogP contribution in [0.15, 0.2) is 30.3 Å². The Kier molecular flexibility index (Phi) is 5.92. The van der Waals surface area contributed by atoms with E-state index in [4.69, 9.17) is 4.74 Å². The van der Waals surface area contributed by atoms with Crippen molar-refractivity contribution in [1.82, 2.24) is 9.80 Å². The smallest absolute Gasteiger partial charge is 0.410 e. The van der Waals surface area contributed by atoms with Crippen LogP contribution in [0.25, 0.3) is 0 Å². The molecule has 3 rings (SSSR count). The van der Waals surface area contributed by atoms with E-state index >= 15 is 0 Å². The predicted octanol–water partition coefficient (Wildman–Crippen LogP) is 3.52. The molecule has 0 spiro atoms. The number of rotatable bonds is 4. The maximum Gasteiger partial charge on any atom is 0.410 e. The molecule has 0 saturated carbocycles. The van der Waals surface area contributed by atoms with Crippen LogP contribution < -0.4 is 0 Å². The van der Waals surface area contributed by atoms with Gasteiger partial charge in [0, 0.05) is 19.6 Å². The van der Waals surface area contributed by atoms with E-state index in [1.165, 1.54) is 38.8 Å². The molecule has 0 N–H and O–H groups in total. The summed E-state index contributed by atoms with van der Waals surface area (Å²) in [6.07, 6.45) is 6.21. The molecule has 1 atom stereocenters. The van der Waals surface area contributed by atoms with E-state index in [1.54, 1.807) is 0 Å². The standard InChI is InChI=1S/C19H28N2O2/c22-19(23-16-17-8-3-1-4-9-17)21-13-7-10-18(15-21)14-20-11-5-2-6-12-20/h1,3-4,8-9,18H,2,5-7,10-16H2. The van der Waals surface area contributed by atoms with Crippen LogP contribution in [-0.2, 0) is 11.3 Å². The Morgan fingerprint density at radius 1 is 1.04 bits per heavy atom. The van der Waals surface area contributed by atoms with E-state index in [2.05, 4.69) is 4.90 Å². The second-order valence-corrected chi connectivity index (χ2v) is 6.86. The summed E-state index contributed by atoms with van der Waals surface area (Å²) >= 11 is 0. The van der Waals surface area contributed by atoms with Crippen LogP contribution in [0.3, 0.4) is 0 Å². The van der Waals surface area contributed by atoms with Gasteiger partial charge >= 0.3 is 6.09 Å². The topological polar surface area (TPSA) is 32.8 Å². The summed E-state index contributed by atoms with van der Waals surface area (Å²) in [6.45, 7) is 5.66. The summed E-state index contributed by atoms with van der Waals surface area (Å²) in [5.74, 6) is 0.603. The van der Waals surface area contributed by atoms with Crippen molar-refractivity contribution in [1.29, 1.82) is 0 Å². The minimum atomic E-state index is -0.155. The van der Waals surface area contributed by atoms with Gasteiger partial charge < -0.3 is 14.5 Å². The summed E-state index contributed by atoms with van der Waals surface area (Å²) in [7, 11) is 0. The normalized spacial score (nSPS) is 22.8. The minimum Gasteiger partial charge on any atom is -0.445 e. The van der Waals surface area contributed by atoms with Crippen LogP contribution >= 0.6 is 0 Å². The SMILES string of the molecule is O=C(OCc1ccccc1)N1CCCC(CN2CCCCC2)C1. The molecule has 0 aromatic heterocycles. The first-order valence-electron chi connectivity index (χ1n) is 8.99. The summed E-state index contributed by atoms with van der Waals surface area (Å²) in [5, 5.41) is 0. The van der Waals surface area contributed by atoms with Crippen LogP contribution in [0.4, 0.5) is 4.79 Å². The third kappa shape index (κ3) is 4.96. The van der Waals surface area contributed by atoms with Crippen LogP contribution in [0, 0.1) is 5.92 Å². The first-order chi connectivity index (χ1) is 11.3. The second kappa shape index (κ2) is 8.34. The summed E-state index contributed by atoms with van der Waals surface area (Å²) in [5.41, 5.74) is 1.04. The highest BCUT2D eigenvalue weighted by molar-refractivity contribution is 5.67. The fraction of sp³-hybridized carbons (Fsp3) is 0.632. The van der Waals surface area contributed by atoms with Gasteiger partial charge in [-0.2, -0.15) is 0 Å². The van der Waals surface area contributed by atoms with Crippen molar-refractivity contribution in [3.8, 4) is 0 Å². The molecule has 2 fully saturated rings. The fourth-order valence-corrected chi connectivity index (χ4v) is 3.70. The van der Waals surface area contributed by atoms with Crippen LogP contribution in [0.1, 0.15) is 37.7 Å². The molecule has 2 heterocycles. The number of hydrogen-bond acceptors (Lipinski definition) is 3. The monoisotopic (exact) mass is 316 g/mol. The zero-order valence-corrected chi connectivity index (χ0v) is 14.0. The summed E-state index contributed by atoms with van der Waals surface area (Å²) in [4.78, 5) is 16.8. The molecule has 4 heteroatoms. The highest BCUT2D eigenvalue weighted by Gasteiger charge is 2.26. The average Bonchev–Trinajstić information content (AvgIpc) is 2.62. The highest BCUT2D eigenvalue weighted by atomic mass is 16.6. The van der Waals surface area contributed by atoms with Crippen molar-refractivity contribution < 1.29 is 9.53 Å². The van der Waals surface area contributed by atoms with Gasteiger partial charge in [0.1, 0.15) is 6.61 Å².